The highest BCUT2D eigenvalue weighted by Crippen LogP contribution is 2.62. The first-order chi connectivity index (χ1) is 30.3. The second kappa shape index (κ2) is 14.1. The molecule has 1 aromatic heterocycles. The maximum absolute atomic E-state index is 5.37. The van der Waals surface area contributed by atoms with E-state index in [1.54, 1.807) is 0 Å². The zero-order chi connectivity index (χ0) is 40.3. The molecule has 0 atom stereocenters. The molecule has 0 saturated carbocycles. The molecule has 3 heteroatoms. The molecule has 284 valence electrons. The van der Waals surface area contributed by atoms with Crippen molar-refractivity contribution in [2.24, 2.45) is 0 Å². The molecule has 3 nitrogen and oxygen atoms in total. The van der Waals surface area contributed by atoms with Gasteiger partial charge in [0.15, 0.2) is 17.5 Å². The van der Waals surface area contributed by atoms with E-state index in [2.05, 4.69) is 212 Å². The third-order valence-electron chi connectivity index (χ3n) is 12.6. The van der Waals surface area contributed by atoms with Gasteiger partial charge in [0.2, 0.25) is 0 Å². The molecule has 1 heterocycles. The van der Waals surface area contributed by atoms with Gasteiger partial charge in [-0.2, -0.15) is 0 Å². The molecular formula is C58H37N3. The van der Waals surface area contributed by atoms with Gasteiger partial charge in [-0.25, -0.2) is 15.0 Å². The van der Waals surface area contributed by atoms with Gasteiger partial charge in [-0.05, 0) is 77.9 Å². The van der Waals surface area contributed by atoms with E-state index >= 15 is 0 Å². The van der Waals surface area contributed by atoms with Gasteiger partial charge >= 0.3 is 0 Å². The van der Waals surface area contributed by atoms with Crippen molar-refractivity contribution in [3.05, 3.63) is 247 Å². The molecule has 61 heavy (non-hydrogen) atoms. The molecule has 0 radical (unpaired) electrons. The lowest BCUT2D eigenvalue weighted by Crippen LogP contribution is -2.29. The average Bonchev–Trinajstić information content (AvgIpc) is 3.59. The summed E-state index contributed by atoms with van der Waals surface area (Å²) < 4.78 is 0. The number of nitrogens with zero attached hydrogens (tertiary/aromatic N) is 3. The first kappa shape index (κ1) is 35.0. The fraction of sp³-hybridized carbons (Fsp3) is 0.0172. The Hall–Kier alpha value is -8.01. The van der Waals surface area contributed by atoms with Crippen LogP contribution >= 0.6 is 0 Å². The monoisotopic (exact) mass is 775 g/mol. The van der Waals surface area contributed by atoms with Gasteiger partial charge in [-0.3, -0.25) is 0 Å². The number of benzene rings is 9. The smallest absolute Gasteiger partial charge is 0.164 e. The first-order valence-corrected chi connectivity index (χ1v) is 20.9. The summed E-state index contributed by atoms with van der Waals surface area (Å²) in [5, 5.41) is 0. The van der Waals surface area contributed by atoms with Crippen LogP contribution in [-0.2, 0) is 5.41 Å². The highest BCUT2D eigenvalue weighted by Gasteiger charge is 2.50. The Morgan fingerprint density at radius 1 is 0.213 bits per heavy atom. The summed E-state index contributed by atoms with van der Waals surface area (Å²) in [6.45, 7) is 0. The minimum atomic E-state index is -0.604. The predicted octanol–water partition coefficient (Wildman–Crippen LogP) is 14.2. The first-order valence-electron chi connectivity index (χ1n) is 20.9. The van der Waals surface area contributed by atoms with Crippen LogP contribution in [0.3, 0.4) is 0 Å². The van der Waals surface area contributed by atoms with Crippen molar-refractivity contribution in [3.63, 3.8) is 0 Å². The standard InChI is InChI=1S/C58H37N3/c1-3-16-38(17-4-1)40-30-34-42(35-31-40)55-59-56(43-36-32-41(33-37-43)39-18-5-2-6-19-39)61-57(60-55)49-25-15-29-53-54(49)48-24-11-14-28-52(48)58(53)50-26-12-9-22-46(50)44-20-7-8-21-45(44)47-23-10-13-27-51(47)58/h1-37H. The molecule has 12 rings (SSSR count). The molecule has 0 unspecified atom stereocenters. The van der Waals surface area contributed by atoms with Crippen molar-refractivity contribution in [3.8, 4) is 89.8 Å². The maximum atomic E-state index is 5.37. The van der Waals surface area contributed by atoms with Crippen LogP contribution < -0.4 is 0 Å². The van der Waals surface area contributed by atoms with E-state index in [4.69, 9.17) is 15.0 Å². The molecule has 0 aliphatic heterocycles. The number of aromatic nitrogens is 3. The molecule has 10 aromatic rings. The lowest BCUT2D eigenvalue weighted by Gasteiger charge is -2.35. The van der Waals surface area contributed by atoms with E-state index in [1.807, 2.05) is 12.1 Å². The normalized spacial score (nSPS) is 12.7. The zero-order valence-corrected chi connectivity index (χ0v) is 33.2. The van der Waals surface area contributed by atoms with E-state index in [0.717, 1.165) is 33.4 Å². The Labute approximate surface area is 355 Å². The van der Waals surface area contributed by atoms with Crippen LogP contribution in [0.5, 0.6) is 0 Å². The fourth-order valence-electron chi connectivity index (χ4n) is 9.92. The molecule has 2 aliphatic rings. The zero-order valence-electron chi connectivity index (χ0n) is 33.2. The fourth-order valence-corrected chi connectivity index (χ4v) is 9.92. The van der Waals surface area contributed by atoms with E-state index in [0.29, 0.717) is 17.5 Å². The predicted molar refractivity (Wildman–Crippen MR) is 249 cm³/mol. The quantitative estimate of drug-likeness (QED) is 0.175. The number of hydrogen-bond acceptors (Lipinski definition) is 3. The molecule has 1 spiro atoms. The van der Waals surface area contributed by atoms with Crippen molar-refractivity contribution >= 4 is 0 Å². The van der Waals surface area contributed by atoms with Crippen molar-refractivity contribution < 1.29 is 0 Å². The van der Waals surface area contributed by atoms with Gasteiger partial charge in [0.1, 0.15) is 0 Å². The lowest BCUT2D eigenvalue weighted by atomic mass is 9.66. The largest absolute Gasteiger partial charge is 0.208 e. The summed E-state index contributed by atoms with van der Waals surface area (Å²) in [5.74, 6) is 1.90. The van der Waals surface area contributed by atoms with Gasteiger partial charge < -0.3 is 0 Å². The Balaban J connectivity index is 1.10. The second-order valence-electron chi connectivity index (χ2n) is 15.9. The Kier molecular flexibility index (Phi) is 8.07. The second-order valence-corrected chi connectivity index (χ2v) is 15.9. The van der Waals surface area contributed by atoms with Crippen LogP contribution in [0.4, 0.5) is 0 Å². The van der Waals surface area contributed by atoms with E-state index in [-0.39, 0.29) is 0 Å². The highest BCUT2D eigenvalue weighted by atomic mass is 15.0. The number of fused-ring (bicyclic) bond motifs is 12. The minimum Gasteiger partial charge on any atom is -0.208 e. The van der Waals surface area contributed by atoms with Crippen molar-refractivity contribution in [2.45, 2.75) is 5.41 Å². The summed E-state index contributed by atoms with van der Waals surface area (Å²) in [7, 11) is 0. The van der Waals surface area contributed by atoms with Crippen LogP contribution in [0, 0.1) is 0 Å². The Morgan fingerprint density at radius 2 is 0.541 bits per heavy atom. The average molecular weight is 776 g/mol. The SMILES string of the molecule is c1ccc(-c2ccc(-c3nc(-c4ccc(-c5ccccc5)cc4)nc(-c4cccc5c4-c4ccccc4C54c5ccccc5-c5ccccc5-c5ccccc54)n3)cc2)cc1. The summed E-state index contributed by atoms with van der Waals surface area (Å²) in [4.78, 5) is 15.9. The summed E-state index contributed by atoms with van der Waals surface area (Å²) in [6.07, 6.45) is 0. The van der Waals surface area contributed by atoms with Crippen LogP contribution in [0.25, 0.3) is 89.8 Å². The van der Waals surface area contributed by atoms with Crippen LogP contribution in [-0.4, -0.2) is 15.0 Å². The molecule has 0 amide bonds. The summed E-state index contributed by atoms with van der Waals surface area (Å²) >= 11 is 0. The molecule has 2 aliphatic carbocycles. The molecule has 0 saturated heterocycles. The van der Waals surface area contributed by atoms with E-state index < -0.39 is 5.41 Å². The van der Waals surface area contributed by atoms with Crippen molar-refractivity contribution in [2.75, 3.05) is 0 Å². The Bertz CT molecular complexity index is 3110. The van der Waals surface area contributed by atoms with Crippen LogP contribution in [0.1, 0.15) is 22.3 Å². The van der Waals surface area contributed by atoms with Crippen molar-refractivity contribution in [1.29, 1.82) is 0 Å². The lowest BCUT2D eigenvalue weighted by molar-refractivity contribution is 0.775. The van der Waals surface area contributed by atoms with Crippen LogP contribution in [0.15, 0.2) is 224 Å². The van der Waals surface area contributed by atoms with E-state index in [9.17, 15) is 0 Å². The maximum Gasteiger partial charge on any atom is 0.164 e. The van der Waals surface area contributed by atoms with E-state index in [1.165, 1.54) is 61.2 Å². The molecule has 9 aromatic carbocycles. The molecule has 0 fully saturated rings. The van der Waals surface area contributed by atoms with Crippen LogP contribution in [0.2, 0.25) is 0 Å². The van der Waals surface area contributed by atoms with Gasteiger partial charge in [-0.1, -0.05) is 224 Å². The van der Waals surface area contributed by atoms with Gasteiger partial charge in [0.25, 0.3) is 0 Å². The van der Waals surface area contributed by atoms with Crippen molar-refractivity contribution in [1.82, 2.24) is 15.0 Å². The van der Waals surface area contributed by atoms with Gasteiger partial charge in [0.05, 0.1) is 5.41 Å². The number of hydrogen-bond donors (Lipinski definition) is 0. The highest BCUT2D eigenvalue weighted by molar-refractivity contribution is 6.00. The van der Waals surface area contributed by atoms with Gasteiger partial charge in [0, 0.05) is 16.7 Å². The third-order valence-corrected chi connectivity index (χ3v) is 12.6. The summed E-state index contributed by atoms with van der Waals surface area (Å²) in [6, 6.07) is 80.6. The number of rotatable bonds is 5. The minimum absolute atomic E-state index is 0.604. The molecule has 0 N–H and O–H groups in total. The topological polar surface area (TPSA) is 38.7 Å². The molecule has 0 bridgehead atoms. The summed E-state index contributed by atoms with van der Waals surface area (Å²) in [5.41, 5.74) is 19.2. The van der Waals surface area contributed by atoms with Gasteiger partial charge in [-0.15, -0.1) is 0 Å². The molecular weight excluding hydrogens is 739 g/mol. The Morgan fingerprint density at radius 3 is 1.03 bits per heavy atom. The third kappa shape index (κ3) is 5.48.